The van der Waals surface area contributed by atoms with Gasteiger partial charge >= 0.3 is 5.97 Å². The lowest BCUT2D eigenvalue weighted by Crippen LogP contribution is -2.08. The fraction of sp³-hybridized carbons (Fsp3) is 0.286. The predicted molar refractivity (Wildman–Crippen MR) is 40.5 cm³/mol. The first-order valence-electron chi connectivity index (χ1n) is 3.48. The van der Waals surface area contributed by atoms with E-state index in [-0.39, 0.29) is 5.75 Å². The van der Waals surface area contributed by atoms with Gasteiger partial charge in [-0.3, -0.25) is 0 Å². The van der Waals surface area contributed by atoms with Crippen molar-refractivity contribution < 1.29 is 23.4 Å². The molecular weight excluding hydrogens is 198 g/mol. The maximum Gasteiger partial charge on any atom is 0.373 e. The summed E-state index contributed by atoms with van der Waals surface area (Å²) in [5.74, 6) is -2.37. The highest BCUT2D eigenvalue weighted by molar-refractivity contribution is 5.83. The van der Waals surface area contributed by atoms with Crippen LogP contribution in [-0.2, 0) is 0 Å². The van der Waals surface area contributed by atoms with Gasteiger partial charge in [-0.25, -0.2) is 23.5 Å². The van der Waals surface area contributed by atoms with Gasteiger partial charge < -0.3 is 9.84 Å². The zero-order valence-corrected chi connectivity index (χ0v) is 7.07. The molecule has 0 radical (unpaired) electrons. The van der Waals surface area contributed by atoms with E-state index in [1.165, 1.54) is 7.11 Å². The van der Waals surface area contributed by atoms with Gasteiger partial charge in [0.1, 0.15) is 0 Å². The number of methoxy groups -OCH3 is 1. The number of carboxylic acid groups (broad SMARTS) is 1. The second-order valence-electron chi connectivity index (χ2n) is 2.25. The minimum absolute atomic E-state index is 0.231. The molecule has 7 heteroatoms. The molecule has 76 valence electrons. The number of aromatic carboxylic acids is 1. The predicted octanol–water partition coefficient (Wildman–Crippen LogP) is 1.12. The fourth-order valence-electron chi connectivity index (χ4n) is 0.801. The topological polar surface area (TPSA) is 72.3 Å². The third kappa shape index (κ3) is 1.93. The zero-order valence-electron chi connectivity index (χ0n) is 7.07. The summed E-state index contributed by atoms with van der Waals surface area (Å²) in [5, 5.41) is 8.44. The highest BCUT2D eigenvalue weighted by atomic mass is 19.3. The van der Waals surface area contributed by atoms with Crippen LogP contribution in [0.4, 0.5) is 8.78 Å². The molecule has 0 spiro atoms. The van der Waals surface area contributed by atoms with Crippen LogP contribution in [0.1, 0.15) is 22.7 Å². The van der Waals surface area contributed by atoms with Gasteiger partial charge in [-0.05, 0) is 0 Å². The van der Waals surface area contributed by atoms with E-state index in [4.69, 9.17) is 5.11 Å². The van der Waals surface area contributed by atoms with E-state index in [0.717, 1.165) is 6.20 Å². The molecule has 1 aromatic rings. The van der Waals surface area contributed by atoms with Crippen LogP contribution < -0.4 is 4.74 Å². The number of ether oxygens (including phenoxy) is 1. The summed E-state index contributed by atoms with van der Waals surface area (Å²) in [6, 6.07) is 0. The van der Waals surface area contributed by atoms with Gasteiger partial charge in [0, 0.05) is 0 Å². The van der Waals surface area contributed by atoms with Crippen LogP contribution in [0.15, 0.2) is 6.20 Å². The molecule has 0 saturated carbocycles. The molecule has 0 aliphatic carbocycles. The summed E-state index contributed by atoms with van der Waals surface area (Å²) in [7, 11) is 1.17. The number of aromatic nitrogens is 2. The quantitative estimate of drug-likeness (QED) is 0.798. The summed E-state index contributed by atoms with van der Waals surface area (Å²) in [6.07, 6.45) is -2.00. The number of alkyl halides is 2. The average molecular weight is 204 g/mol. The number of halogens is 2. The maximum atomic E-state index is 12.3. The van der Waals surface area contributed by atoms with Gasteiger partial charge in [0.15, 0.2) is 11.4 Å². The number of carbonyl (C=O) groups is 1. The summed E-state index contributed by atoms with van der Waals surface area (Å²) in [6.45, 7) is 0. The van der Waals surface area contributed by atoms with E-state index in [0.29, 0.717) is 0 Å². The number of rotatable bonds is 3. The lowest BCUT2D eigenvalue weighted by molar-refractivity contribution is 0.0681. The third-order valence-corrected chi connectivity index (χ3v) is 1.40. The molecule has 5 nitrogen and oxygen atoms in total. The SMILES string of the molecule is COc1cnc(C(=O)O)nc1C(F)F. The van der Waals surface area contributed by atoms with E-state index in [1.54, 1.807) is 0 Å². The second kappa shape index (κ2) is 3.95. The Labute approximate surface area is 77.4 Å². The number of hydrogen-bond acceptors (Lipinski definition) is 4. The van der Waals surface area contributed by atoms with Gasteiger partial charge in [-0.2, -0.15) is 0 Å². The molecule has 0 amide bonds. The second-order valence-corrected chi connectivity index (χ2v) is 2.25. The molecule has 0 aliphatic heterocycles. The summed E-state index contributed by atoms with van der Waals surface area (Å²) >= 11 is 0. The highest BCUT2D eigenvalue weighted by Gasteiger charge is 2.19. The Bertz CT molecular complexity index is 357. The molecule has 0 aliphatic rings. The molecule has 0 fully saturated rings. The monoisotopic (exact) mass is 204 g/mol. The van der Waals surface area contributed by atoms with E-state index >= 15 is 0 Å². The van der Waals surface area contributed by atoms with Crippen LogP contribution in [0.3, 0.4) is 0 Å². The Balaban J connectivity index is 3.20. The Kier molecular flexibility index (Phi) is 2.90. The number of hydrogen-bond donors (Lipinski definition) is 1. The van der Waals surface area contributed by atoms with Gasteiger partial charge in [0.25, 0.3) is 6.43 Å². The number of nitrogens with zero attached hydrogens (tertiary/aromatic N) is 2. The maximum absolute atomic E-state index is 12.3. The van der Waals surface area contributed by atoms with E-state index in [2.05, 4.69) is 14.7 Å². The first-order valence-corrected chi connectivity index (χ1v) is 3.48. The summed E-state index contributed by atoms with van der Waals surface area (Å²) in [5.41, 5.74) is -0.722. The van der Waals surface area contributed by atoms with Crippen LogP contribution in [0.25, 0.3) is 0 Å². The van der Waals surface area contributed by atoms with Crippen molar-refractivity contribution >= 4 is 5.97 Å². The molecule has 1 aromatic heterocycles. The van der Waals surface area contributed by atoms with E-state index in [1.807, 2.05) is 0 Å². The van der Waals surface area contributed by atoms with Crippen molar-refractivity contribution in [1.29, 1.82) is 0 Å². The largest absolute Gasteiger partial charge is 0.493 e. The average Bonchev–Trinajstić information content (AvgIpc) is 2.16. The van der Waals surface area contributed by atoms with Gasteiger partial charge in [0.05, 0.1) is 13.3 Å². The molecule has 0 bridgehead atoms. The lowest BCUT2D eigenvalue weighted by atomic mass is 10.3. The first-order chi connectivity index (χ1) is 6.56. The third-order valence-electron chi connectivity index (χ3n) is 1.40. The van der Waals surface area contributed by atoms with Crippen molar-refractivity contribution in [2.24, 2.45) is 0 Å². The van der Waals surface area contributed by atoms with E-state index < -0.39 is 23.9 Å². The van der Waals surface area contributed by atoms with Gasteiger partial charge in [-0.15, -0.1) is 0 Å². The number of carboxylic acids is 1. The van der Waals surface area contributed by atoms with Crippen LogP contribution in [0, 0.1) is 0 Å². The minimum atomic E-state index is -2.90. The highest BCUT2D eigenvalue weighted by Crippen LogP contribution is 2.25. The first kappa shape index (κ1) is 10.3. The van der Waals surface area contributed by atoms with Crippen LogP contribution in [-0.4, -0.2) is 28.2 Å². The minimum Gasteiger partial charge on any atom is -0.493 e. The normalized spacial score (nSPS) is 10.3. The smallest absolute Gasteiger partial charge is 0.373 e. The fourth-order valence-corrected chi connectivity index (χ4v) is 0.801. The summed E-state index contributed by atoms with van der Waals surface area (Å²) < 4.78 is 29.1. The Hall–Kier alpha value is -1.79. The zero-order chi connectivity index (χ0) is 10.7. The van der Waals surface area contributed by atoms with Crippen molar-refractivity contribution in [3.63, 3.8) is 0 Å². The summed E-state index contributed by atoms with van der Waals surface area (Å²) in [4.78, 5) is 16.8. The molecule has 0 atom stereocenters. The Morgan fingerprint density at radius 3 is 2.71 bits per heavy atom. The molecular formula is C7H6F2N2O3. The Morgan fingerprint density at radius 2 is 2.29 bits per heavy atom. The molecule has 0 saturated heterocycles. The lowest BCUT2D eigenvalue weighted by Gasteiger charge is -2.05. The van der Waals surface area contributed by atoms with Crippen molar-refractivity contribution in [3.8, 4) is 5.75 Å². The molecule has 1 heterocycles. The molecule has 0 aromatic carbocycles. The molecule has 1 rings (SSSR count). The van der Waals surface area contributed by atoms with Crippen LogP contribution >= 0.6 is 0 Å². The standard InChI is InChI=1S/C7H6F2N2O3/c1-14-3-2-10-6(7(12)13)11-4(3)5(8)9/h2,5H,1H3,(H,12,13). The van der Waals surface area contributed by atoms with Crippen molar-refractivity contribution in [2.75, 3.05) is 7.11 Å². The van der Waals surface area contributed by atoms with Gasteiger partial charge in [-0.1, -0.05) is 0 Å². The van der Waals surface area contributed by atoms with Crippen molar-refractivity contribution in [1.82, 2.24) is 9.97 Å². The van der Waals surface area contributed by atoms with E-state index in [9.17, 15) is 13.6 Å². The van der Waals surface area contributed by atoms with Crippen LogP contribution in [0.2, 0.25) is 0 Å². The van der Waals surface area contributed by atoms with Crippen molar-refractivity contribution in [2.45, 2.75) is 6.43 Å². The Morgan fingerprint density at radius 1 is 1.64 bits per heavy atom. The molecule has 0 unspecified atom stereocenters. The van der Waals surface area contributed by atoms with Crippen LogP contribution in [0.5, 0.6) is 5.75 Å². The van der Waals surface area contributed by atoms with Crippen molar-refractivity contribution in [3.05, 3.63) is 17.7 Å². The molecule has 14 heavy (non-hydrogen) atoms. The molecule has 1 N–H and O–H groups in total. The van der Waals surface area contributed by atoms with Gasteiger partial charge in [0.2, 0.25) is 5.82 Å².